The Morgan fingerprint density at radius 2 is 2.00 bits per heavy atom. The third-order valence-electron chi connectivity index (χ3n) is 7.35. The van der Waals surface area contributed by atoms with Gasteiger partial charge in [0, 0.05) is 36.1 Å². The zero-order valence-corrected chi connectivity index (χ0v) is 21.4. The first-order valence-corrected chi connectivity index (χ1v) is 12.5. The Morgan fingerprint density at radius 1 is 1.19 bits per heavy atom. The van der Waals surface area contributed by atoms with Crippen LogP contribution >= 0.6 is 11.6 Å². The maximum atomic E-state index is 13.7. The fraction of sp³-hybridized carbons (Fsp3) is 0.370. The highest BCUT2D eigenvalue weighted by atomic mass is 35.5. The van der Waals surface area contributed by atoms with Crippen molar-refractivity contribution in [3.8, 4) is 17.2 Å². The number of aromatic amines is 1. The number of carbonyl (C=O) groups is 2. The Morgan fingerprint density at radius 3 is 2.70 bits per heavy atom. The zero-order valence-electron chi connectivity index (χ0n) is 20.6. The van der Waals surface area contributed by atoms with Crippen LogP contribution in [0.5, 0.6) is 17.2 Å². The lowest BCUT2D eigenvalue weighted by Crippen LogP contribution is -2.55. The van der Waals surface area contributed by atoms with Crippen LogP contribution in [0, 0.1) is 5.92 Å². The molecular weight excluding hydrogens is 498 g/mol. The van der Waals surface area contributed by atoms with Crippen molar-refractivity contribution in [3.63, 3.8) is 0 Å². The third-order valence-corrected chi connectivity index (χ3v) is 7.71. The number of hydrogen-bond acceptors (Lipinski definition) is 8. The number of halogens is 1. The molecule has 1 spiro atoms. The first-order chi connectivity index (χ1) is 17.8. The van der Waals surface area contributed by atoms with Crippen molar-refractivity contribution in [1.29, 1.82) is 0 Å². The van der Waals surface area contributed by atoms with Crippen LogP contribution in [0.2, 0.25) is 5.02 Å². The number of nitrogens with zero attached hydrogens (tertiary/aromatic N) is 1. The van der Waals surface area contributed by atoms with Gasteiger partial charge in [-0.15, -0.1) is 0 Å². The first-order valence-electron chi connectivity index (χ1n) is 12.2. The molecule has 3 heterocycles. The standard InChI is InChI=1S/C27H26ClN3O6/c1-13-9-15(29-14-6-7-16-17(10-14)31-26(30-16)18-5-4-8-36-18)11-21(32)27(13)25(33)22-19(34-2)12-20(35-3)23(28)24(22)37-27/h6-7,10-13,18,29H,4-5,8-9H2,1-3H3,(H,30,31)/t13-,18+,27+/m1/s1. The molecule has 10 heteroatoms. The molecule has 3 aromatic rings. The average Bonchev–Trinajstić information content (AvgIpc) is 3.62. The van der Waals surface area contributed by atoms with Gasteiger partial charge in [-0.3, -0.25) is 9.59 Å². The average molecular weight is 524 g/mol. The summed E-state index contributed by atoms with van der Waals surface area (Å²) < 4.78 is 22.5. The number of methoxy groups -OCH3 is 2. The lowest BCUT2D eigenvalue weighted by Gasteiger charge is -2.35. The van der Waals surface area contributed by atoms with Crippen LogP contribution in [-0.4, -0.2) is 48.0 Å². The fourth-order valence-electron chi connectivity index (χ4n) is 5.45. The van der Waals surface area contributed by atoms with E-state index in [1.807, 2.05) is 25.1 Å². The van der Waals surface area contributed by atoms with E-state index in [9.17, 15) is 9.59 Å². The summed E-state index contributed by atoms with van der Waals surface area (Å²) in [7, 11) is 2.90. The SMILES string of the molecule is COc1cc(OC)c2c(c1Cl)O[C@@]1(C(=O)C=C(Nc3ccc4nc([C@@H]5CCCO5)[nH]c4c3)C[C@H]1C)C2=O. The minimum absolute atomic E-state index is 0.000287. The predicted molar refractivity (Wildman–Crippen MR) is 137 cm³/mol. The predicted octanol–water partition coefficient (Wildman–Crippen LogP) is 5.00. The molecule has 0 bridgehead atoms. The Balaban J connectivity index is 1.29. The topological polar surface area (TPSA) is 112 Å². The Bertz CT molecular complexity index is 1470. The van der Waals surface area contributed by atoms with Crippen LogP contribution < -0.4 is 19.5 Å². The number of rotatable bonds is 5. The van der Waals surface area contributed by atoms with Gasteiger partial charge in [0.2, 0.25) is 17.2 Å². The van der Waals surface area contributed by atoms with E-state index in [1.165, 1.54) is 26.4 Å². The van der Waals surface area contributed by atoms with Crippen LogP contribution in [0.1, 0.15) is 48.5 Å². The van der Waals surface area contributed by atoms with Crippen molar-refractivity contribution < 1.29 is 28.5 Å². The van der Waals surface area contributed by atoms with Crippen molar-refractivity contribution in [3.05, 3.63) is 52.4 Å². The Hall–Kier alpha value is -3.56. The number of imidazole rings is 1. The molecule has 2 aromatic carbocycles. The molecule has 0 amide bonds. The van der Waals surface area contributed by atoms with Gasteiger partial charge in [0.15, 0.2) is 5.75 Å². The van der Waals surface area contributed by atoms with Crippen molar-refractivity contribution in [2.24, 2.45) is 5.92 Å². The molecule has 1 saturated heterocycles. The molecular formula is C27H26ClN3O6. The van der Waals surface area contributed by atoms with E-state index in [0.29, 0.717) is 17.9 Å². The van der Waals surface area contributed by atoms with Crippen molar-refractivity contribution >= 4 is 39.9 Å². The molecule has 3 atom stereocenters. The smallest absolute Gasteiger partial charge is 0.236 e. The maximum absolute atomic E-state index is 13.7. The van der Waals surface area contributed by atoms with E-state index in [-0.39, 0.29) is 28.2 Å². The number of anilines is 1. The summed E-state index contributed by atoms with van der Waals surface area (Å²) in [5.41, 5.74) is 1.66. The van der Waals surface area contributed by atoms with Gasteiger partial charge in [-0.25, -0.2) is 4.98 Å². The second-order valence-electron chi connectivity index (χ2n) is 9.59. The number of carbonyl (C=O) groups excluding carboxylic acids is 2. The molecule has 1 fully saturated rings. The number of H-pyrrole nitrogens is 1. The number of allylic oxidation sites excluding steroid dienone is 1. The first kappa shape index (κ1) is 23.8. The summed E-state index contributed by atoms with van der Waals surface area (Å²) in [5, 5.41) is 3.46. The highest BCUT2D eigenvalue weighted by Crippen LogP contribution is 2.53. The van der Waals surface area contributed by atoms with E-state index in [1.54, 1.807) is 0 Å². The molecule has 3 aliphatic rings. The van der Waals surface area contributed by atoms with Gasteiger partial charge in [-0.05, 0) is 37.5 Å². The van der Waals surface area contributed by atoms with Crippen LogP contribution in [0.25, 0.3) is 11.0 Å². The third kappa shape index (κ3) is 3.59. The van der Waals surface area contributed by atoms with Crippen LogP contribution in [0.3, 0.4) is 0 Å². The molecule has 0 saturated carbocycles. The number of nitrogens with one attached hydrogen (secondary N) is 2. The van der Waals surface area contributed by atoms with Gasteiger partial charge in [0.25, 0.3) is 0 Å². The number of ether oxygens (including phenoxy) is 4. The summed E-state index contributed by atoms with van der Waals surface area (Å²) in [6.07, 6.45) is 3.83. The second-order valence-corrected chi connectivity index (χ2v) is 9.96. The van der Waals surface area contributed by atoms with Crippen molar-refractivity contribution in [2.45, 2.75) is 37.9 Å². The van der Waals surface area contributed by atoms with Crippen LogP contribution in [-0.2, 0) is 9.53 Å². The molecule has 2 N–H and O–H groups in total. The Kier molecular flexibility index (Phi) is 5.65. The highest BCUT2D eigenvalue weighted by molar-refractivity contribution is 6.36. The van der Waals surface area contributed by atoms with Crippen molar-refractivity contribution in [2.75, 3.05) is 26.1 Å². The van der Waals surface area contributed by atoms with Crippen LogP contribution in [0.15, 0.2) is 36.0 Å². The highest BCUT2D eigenvalue weighted by Gasteiger charge is 2.60. The van der Waals surface area contributed by atoms with Gasteiger partial charge < -0.3 is 29.2 Å². The summed E-state index contributed by atoms with van der Waals surface area (Å²) >= 11 is 6.46. The summed E-state index contributed by atoms with van der Waals surface area (Å²) in [4.78, 5) is 35.2. The minimum Gasteiger partial charge on any atom is -0.496 e. The van der Waals surface area contributed by atoms with Gasteiger partial charge in [-0.2, -0.15) is 0 Å². The molecule has 1 aliphatic carbocycles. The quantitative estimate of drug-likeness (QED) is 0.449. The number of ketones is 2. The van der Waals surface area contributed by atoms with Gasteiger partial charge in [0.05, 0.1) is 25.3 Å². The lowest BCUT2D eigenvalue weighted by molar-refractivity contribution is -0.129. The summed E-state index contributed by atoms with van der Waals surface area (Å²) in [6.45, 7) is 2.57. The lowest BCUT2D eigenvalue weighted by atomic mass is 9.74. The van der Waals surface area contributed by atoms with Gasteiger partial charge in [-0.1, -0.05) is 18.5 Å². The van der Waals surface area contributed by atoms with Gasteiger partial charge >= 0.3 is 0 Å². The minimum atomic E-state index is -1.71. The molecule has 0 radical (unpaired) electrons. The normalized spacial score (nSPS) is 24.8. The van der Waals surface area contributed by atoms with E-state index < -0.39 is 23.1 Å². The number of fused-ring (bicyclic) bond motifs is 2. The summed E-state index contributed by atoms with van der Waals surface area (Å²) in [5.74, 6) is 0.108. The molecule has 2 aliphatic heterocycles. The maximum Gasteiger partial charge on any atom is 0.236 e. The van der Waals surface area contributed by atoms with Crippen molar-refractivity contribution in [1.82, 2.24) is 9.97 Å². The molecule has 192 valence electrons. The van der Waals surface area contributed by atoms with Gasteiger partial charge in [0.1, 0.15) is 34.0 Å². The largest absolute Gasteiger partial charge is 0.496 e. The van der Waals surface area contributed by atoms with E-state index >= 15 is 0 Å². The fourth-order valence-corrected chi connectivity index (χ4v) is 5.72. The molecule has 1 aromatic heterocycles. The van der Waals surface area contributed by atoms with E-state index in [4.69, 9.17) is 30.5 Å². The molecule has 0 unspecified atom stereocenters. The molecule has 37 heavy (non-hydrogen) atoms. The number of benzene rings is 2. The van der Waals surface area contributed by atoms with Crippen LogP contribution in [0.4, 0.5) is 5.69 Å². The van der Waals surface area contributed by atoms with E-state index in [0.717, 1.165) is 42.0 Å². The molecule has 6 rings (SSSR count). The zero-order chi connectivity index (χ0) is 25.9. The summed E-state index contributed by atoms with van der Waals surface area (Å²) in [6, 6.07) is 7.31. The number of Topliss-reactive ketones (excluding diaryl/α,β-unsaturated/α-hetero) is 1. The number of hydrogen-bond donors (Lipinski definition) is 2. The number of aromatic nitrogens is 2. The Labute approximate surface area is 218 Å². The van der Waals surface area contributed by atoms with E-state index in [2.05, 4.69) is 15.3 Å². The molecule has 9 nitrogen and oxygen atoms in total. The monoisotopic (exact) mass is 523 g/mol. The second kappa shape index (κ2) is 8.78.